The molecule has 0 bridgehead atoms. The lowest BCUT2D eigenvalue weighted by Gasteiger charge is -2.26. The van der Waals surface area contributed by atoms with E-state index in [1.54, 1.807) is 17.8 Å². The maximum atomic E-state index is 13.4. The molecule has 0 aliphatic carbocycles. The maximum Gasteiger partial charge on any atom is 0.145 e. The number of nitrogens with one attached hydrogen (secondary N) is 1. The highest BCUT2D eigenvalue weighted by atomic mass is 32.2. The van der Waals surface area contributed by atoms with Gasteiger partial charge >= 0.3 is 0 Å². The molecule has 7 heteroatoms. The van der Waals surface area contributed by atoms with Gasteiger partial charge in [0, 0.05) is 6.07 Å². The minimum atomic E-state index is -0.308. The van der Waals surface area contributed by atoms with Gasteiger partial charge < -0.3 is 10.1 Å². The second-order valence-corrected chi connectivity index (χ2v) is 6.56. The van der Waals surface area contributed by atoms with Crippen molar-refractivity contribution in [1.29, 1.82) is 0 Å². The average molecular weight is 338 g/mol. The SMILES string of the molecule is CC(C)Oc1cc(F)ccc1NC(C)N(C)CN=C1CN=CS1. The topological polar surface area (TPSA) is 49.2 Å². The molecule has 1 aliphatic heterocycles. The van der Waals surface area contributed by atoms with Crippen molar-refractivity contribution in [3.63, 3.8) is 0 Å². The van der Waals surface area contributed by atoms with Crippen LogP contribution in [0.2, 0.25) is 0 Å². The Hall–Kier alpha value is -1.60. The summed E-state index contributed by atoms with van der Waals surface area (Å²) >= 11 is 1.56. The summed E-state index contributed by atoms with van der Waals surface area (Å²) in [7, 11) is 1.98. The largest absolute Gasteiger partial charge is 0.489 e. The van der Waals surface area contributed by atoms with Gasteiger partial charge in [-0.25, -0.2) is 4.39 Å². The number of nitrogens with zero attached hydrogens (tertiary/aromatic N) is 3. The fourth-order valence-corrected chi connectivity index (χ4v) is 2.51. The summed E-state index contributed by atoms with van der Waals surface area (Å²) in [4.78, 5) is 10.7. The van der Waals surface area contributed by atoms with Crippen LogP contribution in [0.1, 0.15) is 20.8 Å². The third-order valence-corrected chi connectivity index (χ3v) is 4.08. The van der Waals surface area contributed by atoms with Gasteiger partial charge in [0.1, 0.15) is 11.6 Å². The van der Waals surface area contributed by atoms with Crippen LogP contribution in [0.5, 0.6) is 5.75 Å². The Morgan fingerprint density at radius 3 is 2.87 bits per heavy atom. The first-order chi connectivity index (χ1) is 11.0. The van der Waals surface area contributed by atoms with Crippen molar-refractivity contribution in [3.8, 4) is 5.75 Å². The molecule has 23 heavy (non-hydrogen) atoms. The Bertz CT molecular complexity index is 581. The Morgan fingerprint density at radius 2 is 2.22 bits per heavy atom. The summed E-state index contributed by atoms with van der Waals surface area (Å²) in [6.07, 6.45) is 0.00261. The molecule has 1 unspecified atom stereocenters. The first kappa shape index (κ1) is 17.7. The lowest BCUT2D eigenvalue weighted by atomic mass is 10.2. The molecule has 0 saturated carbocycles. The van der Waals surface area contributed by atoms with Gasteiger partial charge in [0.05, 0.1) is 41.8 Å². The van der Waals surface area contributed by atoms with E-state index < -0.39 is 0 Å². The van der Waals surface area contributed by atoms with Crippen molar-refractivity contribution in [3.05, 3.63) is 24.0 Å². The lowest BCUT2D eigenvalue weighted by molar-refractivity contribution is 0.240. The van der Waals surface area contributed by atoms with E-state index in [0.29, 0.717) is 19.0 Å². The van der Waals surface area contributed by atoms with Crippen molar-refractivity contribution >= 4 is 28.0 Å². The third-order valence-electron chi connectivity index (χ3n) is 3.29. The number of anilines is 1. The van der Waals surface area contributed by atoms with E-state index in [-0.39, 0.29) is 18.1 Å². The van der Waals surface area contributed by atoms with Crippen LogP contribution in [-0.4, -0.2) is 48.0 Å². The molecule has 0 radical (unpaired) electrons. The minimum absolute atomic E-state index is 0.0174. The average Bonchev–Trinajstić information content (AvgIpc) is 3.00. The Kier molecular flexibility index (Phi) is 6.41. The van der Waals surface area contributed by atoms with Gasteiger partial charge in [-0.2, -0.15) is 0 Å². The molecule has 0 aromatic heterocycles. The van der Waals surface area contributed by atoms with E-state index in [4.69, 9.17) is 4.74 Å². The van der Waals surface area contributed by atoms with E-state index in [9.17, 15) is 4.39 Å². The summed E-state index contributed by atoms with van der Waals surface area (Å²) in [5, 5.41) is 4.37. The highest BCUT2D eigenvalue weighted by Crippen LogP contribution is 2.27. The van der Waals surface area contributed by atoms with Crippen LogP contribution in [0.3, 0.4) is 0 Å². The van der Waals surface area contributed by atoms with Gasteiger partial charge in [-0.3, -0.25) is 14.9 Å². The van der Waals surface area contributed by atoms with Gasteiger partial charge in [-0.1, -0.05) is 11.8 Å². The molecular formula is C16H23FN4OS. The summed E-state index contributed by atoms with van der Waals surface area (Å²) < 4.78 is 19.1. The van der Waals surface area contributed by atoms with E-state index in [2.05, 4.69) is 20.2 Å². The van der Waals surface area contributed by atoms with E-state index >= 15 is 0 Å². The summed E-state index contributed by atoms with van der Waals surface area (Å²) in [6, 6.07) is 4.53. The normalized spacial score (nSPS) is 17.3. The lowest BCUT2D eigenvalue weighted by Crippen LogP contribution is -2.36. The number of hydrogen-bond acceptors (Lipinski definition) is 6. The molecule has 0 amide bonds. The van der Waals surface area contributed by atoms with Gasteiger partial charge in [-0.05, 0) is 40.0 Å². The molecule has 0 spiro atoms. The zero-order chi connectivity index (χ0) is 16.8. The molecule has 1 heterocycles. The van der Waals surface area contributed by atoms with Crippen molar-refractivity contribution in [2.75, 3.05) is 25.6 Å². The molecule has 126 valence electrons. The van der Waals surface area contributed by atoms with Crippen LogP contribution >= 0.6 is 11.8 Å². The molecule has 1 aliphatic rings. The molecule has 0 fully saturated rings. The summed E-state index contributed by atoms with van der Waals surface area (Å²) in [6.45, 7) is 7.11. The number of rotatable bonds is 7. The number of ether oxygens (including phenoxy) is 1. The number of hydrogen-bond donors (Lipinski definition) is 1. The molecule has 1 aromatic carbocycles. The molecule has 0 saturated heterocycles. The van der Waals surface area contributed by atoms with Crippen molar-refractivity contribution < 1.29 is 9.13 Å². The smallest absolute Gasteiger partial charge is 0.145 e. The molecule has 1 atom stereocenters. The zero-order valence-electron chi connectivity index (χ0n) is 13.9. The highest BCUT2D eigenvalue weighted by Gasteiger charge is 2.13. The van der Waals surface area contributed by atoms with Gasteiger partial charge in [-0.15, -0.1) is 0 Å². The third kappa shape index (κ3) is 5.51. The second-order valence-electron chi connectivity index (χ2n) is 5.64. The van der Waals surface area contributed by atoms with Crippen LogP contribution in [-0.2, 0) is 0 Å². The van der Waals surface area contributed by atoms with Gasteiger partial charge in [0.15, 0.2) is 0 Å². The predicted molar refractivity (Wildman–Crippen MR) is 96.3 cm³/mol. The van der Waals surface area contributed by atoms with Crippen LogP contribution in [0.15, 0.2) is 28.2 Å². The quantitative estimate of drug-likeness (QED) is 0.774. The second kappa shape index (κ2) is 8.31. The zero-order valence-corrected chi connectivity index (χ0v) is 14.7. The van der Waals surface area contributed by atoms with Gasteiger partial charge in [0.25, 0.3) is 0 Å². The number of benzene rings is 1. The predicted octanol–water partition coefficient (Wildman–Crippen LogP) is 3.43. The summed E-state index contributed by atoms with van der Waals surface area (Å²) in [5.74, 6) is 0.211. The minimum Gasteiger partial charge on any atom is -0.489 e. The number of halogens is 1. The van der Waals surface area contributed by atoms with Crippen molar-refractivity contribution in [2.24, 2.45) is 9.98 Å². The van der Waals surface area contributed by atoms with Crippen LogP contribution in [0, 0.1) is 5.82 Å². The Morgan fingerprint density at radius 1 is 1.43 bits per heavy atom. The van der Waals surface area contributed by atoms with Crippen molar-refractivity contribution in [1.82, 2.24) is 4.90 Å². The standard InChI is InChI=1S/C16H23FN4OS/c1-11(2)22-15-7-13(17)5-6-14(15)20-12(3)21(4)9-19-16-8-18-10-23-16/h5-7,10-12,20H,8-9H2,1-4H3. The highest BCUT2D eigenvalue weighted by molar-refractivity contribution is 8.25. The number of thioether (sulfide) groups is 1. The molecule has 5 nitrogen and oxygen atoms in total. The van der Waals surface area contributed by atoms with Gasteiger partial charge in [0.2, 0.25) is 0 Å². The van der Waals surface area contributed by atoms with Crippen LogP contribution < -0.4 is 10.1 Å². The maximum absolute atomic E-state index is 13.4. The van der Waals surface area contributed by atoms with E-state index in [1.165, 1.54) is 12.1 Å². The fourth-order valence-electron chi connectivity index (χ4n) is 1.95. The van der Waals surface area contributed by atoms with Crippen molar-refractivity contribution in [2.45, 2.75) is 33.0 Å². The van der Waals surface area contributed by atoms with E-state index in [1.807, 2.05) is 33.4 Å². The monoisotopic (exact) mass is 338 g/mol. The molecule has 1 N–H and O–H groups in total. The van der Waals surface area contributed by atoms with E-state index in [0.717, 1.165) is 10.7 Å². The molecular weight excluding hydrogens is 315 g/mol. The van der Waals surface area contributed by atoms with Crippen LogP contribution in [0.4, 0.5) is 10.1 Å². The first-order valence-electron chi connectivity index (χ1n) is 7.57. The Labute approximate surface area is 141 Å². The molecule has 2 rings (SSSR count). The molecule has 1 aromatic rings. The number of aliphatic imine (C=N–C) groups is 2. The fraction of sp³-hybridized carbons (Fsp3) is 0.500. The van der Waals surface area contributed by atoms with Crippen LogP contribution in [0.25, 0.3) is 0 Å². The Balaban J connectivity index is 1.98. The summed E-state index contributed by atoms with van der Waals surface area (Å²) in [5.41, 5.74) is 2.58. The first-order valence-corrected chi connectivity index (χ1v) is 8.45.